The highest BCUT2D eigenvalue weighted by Crippen LogP contribution is 2.24. The number of primary amides is 1. The summed E-state index contributed by atoms with van der Waals surface area (Å²) in [6.45, 7) is 3.92. The molecule has 7 heteroatoms. The lowest BCUT2D eigenvalue weighted by molar-refractivity contribution is 0.0727. The van der Waals surface area contributed by atoms with Crippen molar-refractivity contribution in [2.75, 3.05) is 26.2 Å². The number of carbonyl (C=O) groups is 2. The molecule has 2 amide bonds. The average molecular weight is 420 g/mol. The highest BCUT2D eigenvalue weighted by Gasteiger charge is 2.20. The summed E-state index contributed by atoms with van der Waals surface area (Å²) < 4.78 is 0. The molecule has 1 fully saturated rings. The van der Waals surface area contributed by atoms with Crippen molar-refractivity contribution in [1.82, 2.24) is 9.80 Å². The summed E-state index contributed by atoms with van der Waals surface area (Å²) in [5.74, 6) is -0.698. The second-order valence-corrected chi connectivity index (χ2v) is 7.78. The molecular formula is C21H23Cl2N3O2. The van der Waals surface area contributed by atoms with Gasteiger partial charge in [0, 0.05) is 30.8 Å². The summed E-state index contributed by atoms with van der Waals surface area (Å²) >= 11 is 12.1. The Morgan fingerprint density at radius 2 is 1.71 bits per heavy atom. The molecule has 0 atom stereocenters. The van der Waals surface area contributed by atoms with Crippen molar-refractivity contribution in [3.05, 3.63) is 69.2 Å². The van der Waals surface area contributed by atoms with E-state index in [2.05, 4.69) is 4.90 Å². The maximum absolute atomic E-state index is 13.2. The highest BCUT2D eigenvalue weighted by molar-refractivity contribution is 6.42. The SMILES string of the molecule is NC(=O)c1cccc(C(=O)N(CCN2CCCC2)Cc2ccc(Cl)c(Cl)c2)c1. The van der Waals surface area contributed by atoms with Gasteiger partial charge in [-0.25, -0.2) is 0 Å². The van der Waals surface area contributed by atoms with Gasteiger partial charge in [0.1, 0.15) is 0 Å². The third-order valence-corrected chi connectivity index (χ3v) is 5.66. The standard InChI is InChI=1S/C21H23Cl2N3O2/c22-18-7-6-15(12-19(18)23)14-26(11-10-25-8-1-2-9-25)21(28)17-5-3-4-16(13-17)20(24)27/h3-7,12-13H,1-2,8-11,14H2,(H2,24,27). The van der Waals surface area contributed by atoms with Crippen LogP contribution in [0.3, 0.4) is 0 Å². The Morgan fingerprint density at radius 1 is 1.00 bits per heavy atom. The highest BCUT2D eigenvalue weighted by atomic mass is 35.5. The van der Waals surface area contributed by atoms with Crippen LogP contribution in [0.4, 0.5) is 0 Å². The van der Waals surface area contributed by atoms with E-state index in [9.17, 15) is 9.59 Å². The topological polar surface area (TPSA) is 66.6 Å². The van der Waals surface area contributed by atoms with Crippen molar-refractivity contribution in [1.29, 1.82) is 0 Å². The third kappa shape index (κ3) is 5.25. The second kappa shape index (κ2) is 9.41. The maximum Gasteiger partial charge on any atom is 0.254 e. The fraction of sp³-hybridized carbons (Fsp3) is 0.333. The molecule has 1 heterocycles. The van der Waals surface area contributed by atoms with Crippen molar-refractivity contribution in [3.8, 4) is 0 Å². The van der Waals surface area contributed by atoms with Gasteiger partial charge < -0.3 is 15.5 Å². The number of halogens is 2. The monoisotopic (exact) mass is 419 g/mol. The molecule has 2 aromatic carbocycles. The molecule has 0 aromatic heterocycles. The van der Waals surface area contributed by atoms with Gasteiger partial charge in [0.25, 0.3) is 5.91 Å². The van der Waals surface area contributed by atoms with Gasteiger partial charge in [0.15, 0.2) is 0 Å². The van der Waals surface area contributed by atoms with Crippen molar-refractivity contribution in [3.63, 3.8) is 0 Å². The molecule has 0 unspecified atom stereocenters. The van der Waals surface area contributed by atoms with Crippen molar-refractivity contribution >= 4 is 35.0 Å². The second-order valence-electron chi connectivity index (χ2n) is 6.97. The van der Waals surface area contributed by atoms with Crippen molar-refractivity contribution in [2.24, 2.45) is 5.73 Å². The zero-order valence-corrected chi connectivity index (χ0v) is 17.0. The van der Waals surface area contributed by atoms with E-state index in [1.807, 2.05) is 6.07 Å². The normalized spacial score (nSPS) is 14.2. The number of nitrogens with zero attached hydrogens (tertiary/aromatic N) is 2. The van der Waals surface area contributed by atoms with Crippen LogP contribution in [0.25, 0.3) is 0 Å². The zero-order valence-electron chi connectivity index (χ0n) is 15.5. The van der Waals surface area contributed by atoms with Crippen LogP contribution in [0.1, 0.15) is 39.1 Å². The molecule has 0 spiro atoms. The predicted molar refractivity (Wildman–Crippen MR) is 112 cm³/mol. The van der Waals surface area contributed by atoms with E-state index in [4.69, 9.17) is 28.9 Å². The average Bonchev–Trinajstić information content (AvgIpc) is 3.21. The number of rotatable bonds is 7. The Morgan fingerprint density at radius 3 is 2.39 bits per heavy atom. The lowest BCUT2D eigenvalue weighted by Gasteiger charge is -2.26. The van der Waals surface area contributed by atoms with Crippen LogP contribution in [0.15, 0.2) is 42.5 Å². The van der Waals surface area contributed by atoms with Crippen LogP contribution in [0, 0.1) is 0 Å². The van der Waals surface area contributed by atoms with E-state index in [1.165, 1.54) is 12.8 Å². The Kier molecular flexibility index (Phi) is 6.94. The number of hydrogen-bond donors (Lipinski definition) is 1. The fourth-order valence-electron chi connectivity index (χ4n) is 3.37. The summed E-state index contributed by atoms with van der Waals surface area (Å²) in [7, 11) is 0. The molecule has 1 aliphatic heterocycles. The summed E-state index contributed by atoms with van der Waals surface area (Å²) in [4.78, 5) is 28.8. The molecule has 3 rings (SSSR count). The minimum atomic E-state index is -0.553. The van der Waals surface area contributed by atoms with Gasteiger partial charge >= 0.3 is 0 Å². The predicted octanol–water partition coefficient (Wildman–Crippen LogP) is 3.83. The Bertz CT molecular complexity index is 866. The largest absolute Gasteiger partial charge is 0.366 e. The van der Waals surface area contributed by atoms with Gasteiger partial charge in [-0.1, -0.05) is 35.3 Å². The van der Waals surface area contributed by atoms with Crippen molar-refractivity contribution in [2.45, 2.75) is 19.4 Å². The van der Waals surface area contributed by atoms with E-state index in [0.717, 1.165) is 25.2 Å². The van der Waals surface area contributed by atoms with Gasteiger partial charge in [0.2, 0.25) is 5.91 Å². The van der Waals surface area contributed by atoms with Crippen LogP contribution < -0.4 is 5.73 Å². The minimum Gasteiger partial charge on any atom is -0.366 e. The number of carbonyl (C=O) groups excluding carboxylic acids is 2. The van der Waals surface area contributed by atoms with Crippen LogP contribution in [0.2, 0.25) is 10.0 Å². The van der Waals surface area contributed by atoms with Gasteiger partial charge in [-0.15, -0.1) is 0 Å². The number of amides is 2. The van der Waals surface area contributed by atoms with Gasteiger partial charge in [-0.05, 0) is 61.8 Å². The lowest BCUT2D eigenvalue weighted by atomic mass is 10.1. The molecule has 2 N–H and O–H groups in total. The van der Waals surface area contributed by atoms with Crippen LogP contribution in [0.5, 0.6) is 0 Å². The Balaban J connectivity index is 1.81. The van der Waals surface area contributed by atoms with Crippen molar-refractivity contribution < 1.29 is 9.59 Å². The van der Waals surface area contributed by atoms with Gasteiger partial charge in [-0.2, -0.15) is 0 Å². The van der Waals surface area contributed by atoms with E-state index >= 15 is 0 Å². The fourth-order valence-corrected chi connectivity index (χ4v) is 3.69. The number of likely N-dealkylation sites (tertiary alicyclic amines) is 1. The molecule has 2 aromatic rings. The molecule has 5 nitrogen and oxygen atoms in total. The smallest absolute Gasteiger partial charge is 0.254 e. The first-order valence-corrected chi connectivity index (χ1v) is 10.0. The van der Waals surface area contributed by atoms with Crippen LogP contribution in [-0.4, -0.2) is 47.8 Å². The molecule has 148 valence electrons. The molecule has 0 bridgehead atoms. The maximum atomic E-state index is 13.2. The van der Waals surface area contributed by atoms with E-state index in [0.29, 0.717) is 34.3 Å². The molecular weight excluding hydrogens is 397 g/mol. The minimum absolute atomic E-state index is 0.145. The summed E-state index contributed by atoms with van der Waals surface area (Å²) in [6.07, 6.45) is 2.39. The number of hydrogen-bond acceptors (Lipinski definition) is 3. The third-order valence-electron chi connectivity index (χ3n) is 4.92. The Labute approximate surface area is 175 Å². The molecule has 0 saturated carbocycles. The summed E-state index contributed by atoms with van der Waals surface area (Å²) in [6, 6.07) is 11.9. The van der Waals surface area contributed by atoms with E-state index in [1.54, 1.807) is 41.3 Å². The van der Waals surface area contributed by atoms with E-state index < -0.39 is 5.91 Å². The molecule has 0 aliphatic carbocycles. The lowest BCUT2D eigenvalue weighted by Crippen LogP contribution is -2.37. The number of nitrogens with two attached hydrogens (primary N) is 1. The molecule has 1 saturated heterocycles. The van der Waals surface area contributed by atoms with E-state index in [-0.39, 0.29) is 5.91 Å². The first-order chi connectivity index (χ1) is 13.4. The molecule has 1 aliphatic rings. The summed E-state index contributed by atoms with van der Waals surface area (Å²) in [5.41, 5.74) is 7.02. The molecule has 28 heavy (non-hydrogen) atoms. The first kappa shape index (κ1) is 20.6. The van der Waals surface area contributed by atoms with Gasteiger partial charge in [-0.3, -0.25) is 9.59 Å². The first-order valence-electron chi connectivity index (χ1n) is 9.29. The zero-order chi connectivity index (χ0) is 20.1. The Hall–Kier alpha value is -2.08. The number of benzene rings is 2. The summed E-state index contributed by atoms with van der Waals surface area (Å²) in [5, 5.41) is 0.941. The van der Waals surface area contributed by atoms with Crippen LogP contribution >= 0.6 is 23.2 Å². The quantitative estimate of drug-likeness (QED) is 0.741. The van der Waals surface area contributed by atoms with Gasteiger partial charge in [0.05, 0.1) is 10.0 Å². The van der Waals surface area contributed by atoms with Crippen LogP contribution in [-0.2, 0) is 6.54 Å². The molecule has 0 radical (unpaired) electrons.